The number of nitrogens with one attached hydrogen (secondary N) is 1. The molecule has 98 valence electrons. The summed E-state index contributed by atoms with van der Waals surface area (Å²) >= 11 is 0. The van der Waals surface area contributed by atoms with Gasteiger partial charge in [0, 0.05) is 0 Å². The van der Waals surface area contributed by atoms with Gasteiger partial charge in [0.15, 0.2) is 0 Å². The molecule has 5 heteroatoms. The standard InChI is InChI=1S/C12H21NO4/c1-8-5-6-12(7-8,9(14)15)13-10(16)17-11(2,3)4/h8H,5-7H2,1-4H3,(H,13,16)(H,14,15)/t8-,12+/m0/s1. The molecule has 2 atom stereocenters. The number of rotatable bonds is 2. The minimum atomic E-state index is -1.15. The predicted octanol–water partition coefficient (Wildman–Crippen LogP) is 2.15. The van der Waals surface area contributed by atoms with E-state index in [9.17, 15) is 14.7 Å². The third-order valence-electron chi connectivity index (χ3n) is 2.91. The van der Waals surface area contributed by atoms with Crippen molar-refractivity contribution in [2.24, 2.45) is 5.92 Å². The summed E-state index contributed by atoms with van der Waals surface area (Å²) in [6, 6.07) is 0. The maximum absolute atomic E-state index is 11.6. The van der Waals surface area contributed by atoms with Gasteiger partial charge in [-0.2, -0.15) is 0 Å². The van der Waals surface area contributed by atoms with Crippen LogP contribution in [0.2, 0.25) is 0 Å². The second kappa shape index (κ2) is 4.55. The normalized spacial score (nSPS) is 28.8. The number of carbonyl (C=O) groups excluding carboxylic acids is 1. The number of carboxylic acid groups (broad SMARTS) is 1. The fourth-order valence-electron chi connectivity index (χ4n) is 2.15. The monoisotopic (exact) mass is 243 g/mol. The first-order valence-corrected chi connectivity index (χ1v) is 5.89. The van der Waals surface area contributed by atoms with Gasteiger partial charge in [0.25, 0.3) is 0 Å². The minimum absolute atomic E-state index is 0.307. The van der Waals surface area contributed by atoms with Gasteiger partial charge in [-0.05, 0) is 46.0 Å². The first kappa shape index (κ1) is 13.8. The Morgan fingerprint density at radius 2 is 2.00 bits per heavy atom. The van der Waals surface area contributed by atoms with Crippen LogP contribution in [0.5, 0.6) is 0 Å². The molecule has 1 fully saturated rings. The van der Waals surface area contributed by atoms with E-state index in [0.717, 1.165) is 6.42 Å². The number of amides is 1. The van der Waals surface area contributed by atoms with Gasteiger partial charge < -0.3 is 15.2 Å². The van der Waals surface area contributed by atoms with E-state index in [4.69, 9.17) is 4.74 Å². The van der Waals surface area contributed by atoms with Crippen molar-refractivity contribution < 1.29 is 19.4 Å². The summed E-state index contributed by atoms with van der Waals surface area (Å²) in [6.45, 7) is 7.23. The Bertz CT molecular complexity index is 321. The van der Waals surface area contributed by atoms with E-state index >= 15 is 0 Å². The molecule has 0 unspecified atom stereocenters. The average Bonchev–Trinajstić information content (AvgIpc) is 2.44. The summed E-state index contributed by atoms with van der Waals surface area (Å²) < 4.78 is 5.10. The molecular weight excluding hydrogens is 222 g/mol. The van der Waals surface area contributed by atoms with E-state index in [1.54, 1.807) is 20.8 Å². The largest absolute Gasteiger partial charge is 0.480 e. The van der Waals surface area contributed by atoms with E-state index in [2.05, 4.69) is 5.32 Å². The summed E-state index contributed by atoms with van der Waals surface area (Å²) in [5.41, 5.74) is -1.77. The van der Waals surface area contributed by atoms with Crippen LogP contribution in [0.3, 0.4) is 0 Å². The SMILES string of the molecule is C[C@H]1CC[C@](NC(=O)OC(C)(C)C)(C(=O)O)C1. The Balaban J connectivity index is 2.69. The smallest absolute Gasteiger partial charge is 0.408 e. The molecule has 0 aromatic heterocycles. The molecule has 0 heterocycles. The van der Waals surface area contributed by atoms with E-state index in [-0.39, 0.29) is 0 Å². The second-order valence-corrected chi connectivity index (χ2v) is 5.86. The second-order valence-electron chi connectivity index (χ2n) is 5.86. The van der Waals surface area contributed by atoms with Crippen LogP contribution in [-0.2, 0) is 9.53 Å². The summed E-state index contributed by atoms with van der Waals surface area (Å²) in [5.74, 6) is -0.672. The fraction of sp³-hybridized carbons (Fsp3) is 0.833. The summed E-state index contributed by atoms with van der Waals surface area (Å²) in [5, 5.41) is 11.8. The van der Waals surface area contributed by atoms with E-state index < -0.39 is 23.2 Å². The lowest BCUT2D eigenvalue weighted by molar-refractivity contribution is -0.144. The van der Waals surface area contributed by atoms with Crippen LogP contribution in [0.25, 0.3) is 0 Å². The van der Waals surface area contributed by atoms with Crippen LogP contribution < -0.4 is 5.32 Å². The quantitative estimate of drug-likeness (QED) is 0.779. The number of aliphatic carboxylic acids is 1. The van der Waals surface area contributed by atoms with Crippen LogP contribution in [0.4, 0.5) is 4.79 Å². The van der Waals surface area contributed by atoms with Crippen molar-refractivity contribution in [2.45, 2.75) is 58.1 Å². The molecule has 1 saturated carbocycles. The number of carboxylic acids is 1. The average molecular weight is 243 g/mol. The van der Waals surface area contributed by atoms with Crippen LogP contribution in [0.15, 0.2) is 0 Å². The molecular formula is C12H21NO4. The van der Waals surface area contributed by atoms with Gasteiger partial charge in [0.2, 0.25) is 0 Å². The third-order valence-corrected chi connectivity index (χ3v) is 2.91. The lowest BCUT2D eigenvalue weighted by atomic mass is 9.97. The lowest BCUT2D eigenvalue weighted by Crippen LogP contribution is -2.53. The molecule has 1 rings (SSSR count). The Kier molecular flexibility index (Phi) is 3.69. The highest BCUT2D eigenvalue weighted by molar-refractivity contribution is 5.84. The highest BCUT2D eigenvalue weighted by Crippen LogP contribution is 2.34. The third kappa shape index (κ3) is 3.61. The zero-order valence-electron chi connectivity index (χ0n) is 10.9. The first-order valence-electron chi connectivity index (χ1n) is 5.89. The van der Waals surface area contributed by atoms with Gasteiger partial charge in [-0.1, -0.05) is 6.92 Å². The van der Waals surface area contributed by atoms with Crippen LogP contribution in [0, 0.1) is 5.92 Å². The maximum atomic E-state index is 11.6. The van der Waals surface area contributed by atoms with E-state index in [0.29, 0.717) is 18.8 Å². The van der Waals surface area contributed by atoms with Crippen molar-refractivity contribution >= 4 is 12.1 Å². The molecule has 0 radical (unpaired) electrons. The minimum Gasteiger partial charge on any atom is -0.480 e. The first-order chi connectivity index (χ1) is 7.65. The lowest BCUT2D eigenvalue weighted by Gasteiger charge is -2.28. The van der Waals surface area contributed by atoms with Gasteiger partial charge in [0.05, 0.1) is 0 Å². The molecule has 0 saturated heterocycles. The van der Waals surface area contributed by atoms with Crippen LogP contribution in [0.1, 0.15) is 47.0 Å². The zero-order valence-corrected chi connectivity index (χ0v) is 10.9. The number of hydrogen-bond donors (Lipinski definition) is 2. The van der Waals surface area contributed by atoms with Gasteiger partial charge >= 0.3 is 12.1 Å². The fourth-order valence-corrected chi connectivity index (χ4v) is 2.15. The van der Waals surface area contributed by atoms with Crippen molar-refractivity contribution in [3.63, 3.8) is 0 Å². The van der Waals surface area contributed by atoms with Gasteiger partial charge in [-0.15, -0.1) is 0 Å². The molecule has 1 aliphatic rings. The molecule has 2 N–H and O–H groups in total. The molecule has 0 aliphatic heterocycles. The van der Waals surface area contributed by atoms with Crippen molar-refractivity contribution in [3.8, 4) is 0 Å². The maximum Gasteiger partial charge on any atom is 0.408 e. The number of alkyl carbamates (subject to hydrolysis) is 1. The van der Waals surface area contributed by atoms with Gasteiger partial charge in [-0.3, -0.25) is 0 Å². The van der Waals surface area contributed by atoms with Gasteiger partial charge in [0.1, 0.15) is 11.1 Å². The summed E-state index contributed by atoms with van der Waals surface area (Å²) in [7, 11) is 0. The summed E-state index contributed by atoms with van der Waals surface area (Å²) in [6.07, 6.45) is 1.07. The highest BCUT2D eigenvalue weighted by atomic mass is 16.6. The molecule has 0 bridgehead atoms. The Morgan fingerprint density at radius 1 is 1.41 bits per heavy atom. The Labute approximate surface area is 102 Å². The summed E-state index contributed by atoms with van der Waals surface area (Å²) in [4.78, 5) is 22.9. The van der Waals surface area contributed by atoms with Crippen molar-refractivity contribution in [1.29, 1.82) is 0 Å². The molecule has 1 amide bonds. The molecule has 0 spiro atoms. The van der Waals surface area contributed by atoms with Crippen molar-refractivity contribution in [2.75, 3.05) is 0 Å². The van der Waals surface area contributed by atoms with Gasteiger partial charge in [-0.25, -0.2) is 9.59 Å². The molecule has 17 heavy (non-hydrogen) atoms. The van der Waals surface area contributed by atoms with E-state index in [1.165, 1.54) is 0 Å². The van der Waals surface area contributed by atoms with Crippen LogP contribution >= 0.6 is 0 Å². The van der Waals surface area contributed by atoms with E-state index in [1.807, 2.05) is 6.92 Å². The zero-order chi connectivity index (χ0) is 13.3. The Hall–Kier alpha value is -1.26. The molecule has 0 aromatic carbocycles. The van der Waals surface area contributed by atoms with Crippen molar-refractivity contribution in [3.05, 3.63) is 0 Å². The van der Waals surface area contributed by atoms with Crippen LogP contribution in [-0.4, -0.2) is 28.3 Å². The number of carbonyl (C=O) groups is 2. The highest BCUT2D eigenvalue weighted by Gasteiger charge is 2.46. The van der Waals surface area contributed by atoms with Crippen molar-refractivity contribution in [1.82, 2.24) is 5.32 Å². The number of ether oxygens (including phenoxy) is 1. The number of hydrogen-bond acceptors (Lipinski definition) is 3. The predicted molar refractivity (Wildman–Crippen MR) is 62.8 cm³/mol. The topological polar surface area (TPSA) is 75.6 Å². The molecule has 1 aliphatic carbocycles. The Morgan fingerprint density at radius 3 is 2.35 bits per heavy atom. The molecule has 0 aromatic rings. The molecule has 5 nitrogen and oxygen atoms in total.